The first-order valence-corrected chi connectivity index (χ1v) is 19.4. The van der Waals surface area contributed by atoms with E-state index in [1.54, 1.807) is 0 Å². The fourth-order valence-electron chi connectivity index (χ4n) is 5.13. The van der Waals surface area contributed by atoms with E-state index < -0.39 is 0 Å². The molecule has 0 bridgehead atoms. The molecule has 6 nitrogen and oxygen atoms in total. The van der Waals surface area contributed by atoms with Crippen LogP contribution in [-0.4, -0.2) is 50.9 Å². The zero-order valence-corrected chi connectivity index (χ0v) is 40.8. The Kier molecular flexibility index (Phi) is 27.0. The van der Waals surface area contributed by atoms with Crippen LogP contribution in [0, 0.1) is 32.1 Å². The van der Waals surface area contributed by atoms with E-state index in [2.05, 4.69) is 128 Å². The maximum atomic E-state index is 5.09. The van der Waals surface area contributed by atoms with Gasteiger partial charge < -0.3 is 14.9 Å². The Bertz CT molecular complexity index is 1660. The van der Waals surface area contributed by atoms with Crippen molar-refractivity contribution in [2.75, 3.05) is 0 Å². The van der Waals surface area contributed by atoms with Crippen molar-refractivity contribution in [2.24, 2.45) is 37.2 Å². The molecule has 2 aromatic heterocycles. The summed E-state index contributed by atoms with van der Waals surface area (Å²) in [6.07, 6.45) is 0. The maximum Gasteiger partial charge on any atom is 0.0849 e. The number of hydrogen-bond donors (Lipinski definition) is 0. The van der Waals surface area contributed by atoms with Crippen LogP contribution in [0.15, 0.2) is 74.6 Å². The van der Waals surface area contributed by atoms with Gasteiger partial charge in [0.25, 0.3) is 0 Å². The van der Waals surface area contributed by atoms with Gasteiger partial charge in [0.1, 0.15) is 0 Å². The van der Waals surface area contributed by atoms with E-state index >= 15 is 0 Å². The summed E-state index contributed by atoms with van der Waals surface area (Å²) in [4.78, 5) is 29.1. The molecule has 0 amide bonds. The molecule has 56 heavy (non-hydrogen) atoms. The van der Waals surface area contributed by atoms with Crippen LogP contribution in [0.2, 0.25) is 0 Å². The SMILES string of the molecule is CC(=N[C@@H](C)C(C)C)c1cccc(C(C)=N[C@@H](C)C(C)C)n1.CC(=Nc1c(C(C)C)cccc1C(C)C)c1cccc(C(C)=N[C@H](C)C(C)(C)C)n1.[CH3-].[CH3-].[Fe].[Fe]. The van der Waals surface area contributed by atoms with Gasteiger partial charge >= 0.3 is 0 Å². The van der Waals surface area contributed by atoms with Gasteiger partial charge in [-0.25, -0.2) is 9.97 Å². The molecule has 0 aliphatic rings. The Morgan fingerprint density at radius 1 is 0.482 bits per heavy atom. The quantitative estimate of drug-likeness (QED) is 0.103. The Morgan fingerprint density at radius 3 is 1.09 bits per heavy atom. The number of hydrogen-bond acceptors (Lipinski definition) is 6. The van der Waals surface area contributed by atoms with Crippen molar-refractivity contribution >= 4 is 28.5 Å². The minimum atomic E-state index is 0. The average molecular weight is 849 g/mol. The molecule has 0 N–H and O–H groups in total. The van der Waals surface area contributed by atoms with Gasteiger partial charge in [-0.2, -0.15) is 0 Å². The number of rotatable bonds is 12. The second kappa shape index (κ2) is 26.3. The standard InChI is InChI=1S/C27H39N3.C19H31N3.2CH3.2Fe/c1-17(2)22-13-11-14-23(18(3)4)26(22)29-20(6)25-16-12-15-24(30-25)19(5)28-21(7)27(8,9)10;1-12(2)14(5)20-16(7)18-10-9-11-19(22-18)17(8)21-15(6)13(3)4;;;;/h11-18,21H,1-10H3;9-15H,1-8H3;2*1H3;;/q;;2*-1;;/t21-;14-,15-;;;;/m10..../s1. The molecule has 8 heteroatoms. The van der Waals surface area contributed by atoms with E-state index in [1.807, 2.05) is 51.1 Å². The fraction of sp³-hybridized carbons (Fsp3) is 0.542. The van der Waals surface area contributed by atoms with Crippen molar-refractivity contribution in [3.8, 4) is 0 Å². The first-order valence-electron chi connectivity index (χ1n) is 19.4. The van der Waals surface area contributed by atoms with Gasteiger partial charge in [-0.15, -0.1) is 0 Å². The van der Waals surface area contributed by atoms with E-state index in [0.717, 1.165) is 51.3 Å². The number of aliphatic imine (C=N–C) groups is 4. The zero-order chi connectivity index (χ0) is 39.5. The van der Waals surface area contributed by atoms with Gasteiger partial charge in [0, 0.05) is 46.2 Å². The fourth-order valence-corrected chi connectivity index (χ4v) is 5.13. The second-order valence-corrected chi connectivity index (χ2v) is 16.8. The minimum Gasteiger partial charge on any atom is -0.358 e. The van der Waals surface area contributed by atoms with Gasteiger partial charge in [-0.05, 0) is 113 Å². The molecule has 2 heterocycles. The first-order chi connectivity index (χ1) is 24.1. The molecular weight excluding hydrogens is 772 g/mol. The molecule has 0 spiro atoms. The van der Waals surface area contributed by atoms with Gasteiger partial charge in [0.15, 0.2) is 0 Å². The van der Waals surface area contributed by atoms with Crippen LogP contribution < -0.4 is 0 Å². The molecule has 3 atom stereocenters. The van der Waals surface area contributed by atoms with Crippen molar-refractivity contribution in [1.82, 2.24) is 9.97 Å². The van der Waals surface area contributed by atoms with E-state index in [-0.39, 0.29) is 60.4 Å². The number of benzene rings is 1. The van der Waals surface area contributed by atoms with Crippen LogP contribution in [0.4, 0.5) is 5.69 Å². The molecule has 0 saturated carbocycles. The molecule has 0 aliphatic heterocycles. The number of para-hydroxylation sites is 1. The number of pyridine rings is 2. The van der Waals surface area contributed by atoms with Gasteiger partial charge in [0.05, 0.1) is 57.4 Å². The Hall–Kier alpha value is -2.76. The number of aromatic nitrogens is 2. The molecule has 0 radical (unpaired) electrons. The van der Waals surface area contributed by atoms with Crippen LogP contribution in [0.3, 0.4) is 0 Å². The predicted molar refractivity (Wildman–Crippen MR) is 242 cm³/mol. The third-order valence-electron chi connectivity index (χ3n) is 9.97. The van der Waals surface area contributed by atoms with E-state index in [1.165, 1.54) is 11.1 Å². The van der Waals surface area contributed by atoms with Gasteiger partial charge in [-0.1, -0.05) is 106 Å². The number of nitrogens with zero attached hydrogens (tertiary/aromatic N) is 6. The molecule has 0 unspecified atom stereocenters. The maximum absolute atomic E-state index is 5.09. The van der Waals surface area contributed by atoms with Crippen molar-refractivity contribution in [1.29, 1.82) is 0 Å². The van der Waals surface area contributed by atoms with Gasteiger partial charge in [-0.3, -0.25) is 20.0 Å². The molecule has 0 aliphatic carbocycles. The summed E-state index contributed by atoms with van der Waals surface area (Å²) < 4.78 is 0. The molecule has 1 aromatic carbocycles. The summed E-state index contributed by atoms with van der Waals surface area (Å²) in [7, 11) is 0. The molecule has 3 aromatic rings. The summed E-state index contributed by atoms with van der Waals surface area (Å²) >= 11 is 0. The molecule has 3 rings (SSSR count). The van der Waals surface area contributed by atoms with E-state index in [0.29, 0.717) is 35.8 Å². The third-order valence-corrected chi connectivity index (χ3v) is 9.97. The molecule has 0 saturated heterocycles. The minimum absolute atomic E-state index is 0. The first kappa shape index (κ1) is 57.6. The largest absolute Gasteiger partial charge is 0.358 e. The monoisotopic (exact) mass is 848 g/mol. The normalized spacial score (nSPS) is 14.2. The summed E-state index contributed by atoms with van der Waals surface area (Å²) in [5.74, 6) is 1.91. The predicted octanol–water partition coefficient (Wildman–Crippen LogP) is 13.4. The Morgan fingerprint density at radius 2 is 0.786 bits per heavy atom. The van der Waals surface area contributed by atoms with Crippen molar-refractivity contribution in [2.45, 2.75) is 155 Å². The molecule has 316 valence electrons. The molecule has 0 fully saturated rings. The van der Waals surface area contributed by atoms with E-state index in [9.17, 15) is 0 Å². The van der Waals surface area contributed by atoms with Crippen LogP contribution in [0.25, 0.3) is 0 Å². The third kappa shape index (κ3) is 17.8. The summed E-state index contributed by atoms with van der Waals surface area (Å²) in [6.45, 7) is 38.9. The van der Waals surface area contributed by atoms with Crippen molar-refractivity contribution in [3.63, 3.8) is 0 Å². The average Bonchev–Trinajstić information content (AvgIpc) is 3.07. The summed E-state index contributed by atoms with van der Waals surface area (Å²) in [6, 6.07) is 19.6. The smallest absolute Gasteiger partial charge is 0.0849 e. The summed E-state index contributed by atoms with van der Waals surface area (Å²) in [5.41, 5.74) is 11.4. The zero-order valence-electron chi connectivity index (χ0n) is 38.6. The van der Waals surface area contributed by atoms with E-state index in [4.69, 9.17) is 29.9 Å². The van der Waals surface area contributed by atoms with Crippen LogP contribution >= 0.6 is 0 Å². The van der Waals surface area contributed by atoms with Crippen LogP contribution in [-0.2, 0) is 34.1 Å². The van der Waals surface area contributed by atoms with Crippen molar-refractivity contribution in [3.05, 3.63) is 103 Å². The van der Waals surface area contributed by atoms with Crippen molar-refractivity contribution < 1.29 is 34.1 Å². The van der Waals surface area contributed by atoms with Gasteiger partial charge in [0.2, 0.25) is 0 Å². The Labute approximate surface area is 365 Å². The second-order valence-electron chi connectivity index (χ2n) is 16.8. The Balaban J connectivity index is -0.000000975. The van der Waals surface area contributed by atoms with Crippen LogP contribution in [0.5, 0.6) is 0 Å². The molecular formula is C48H76Fe2N6-2. The topological polar surface area (TPSA) is 75.2 Å². The summed E-state index contributed by atoms with van der Waals surface area (Å²) in [5, 5.41) is 0. The van der Waals surface area contributed by atoms with Crippen LogP contribution in [0.1, 0.15) is 170 Å².